The maximum absolute atomic E-state index is 13.8. The molecule has 8 atom stereocenters. The van der Waals surface area contributed by atoms with Gasteiger partial charge in [-0.2, -0.15) is 0 Å². The van der Waals surface area contributed by atoms with E-state index in [9.17, 15) is 67.7 Å². The summed E-state index contributed by atoms with van der Waals surface area (Å²) >= 11 is 0. The van der Waals surface area contributed by atoms with E-state index in [0.717, 1.165) is 0 Å². The fraction of sp³-hybridized carbons (Fsp3) is 0.676. The molecule has 0 unspecified atom stereocenters. The Hall–Kier alpha value is -6.44. The zero-order chi connectivity index (χ0) is 47.7. The molecule has 0 radical (unpaired) electrons. The van der Waals surface area contributed by atoms with Crippen LogP contribution in [-0.2, 0) is 57.5 Å². The third kappa shape index (κ3) is 16.4. The number of nitrogens with zero attached hydrogens (tertiary/aromatic N) is 1. The number of nitrogens with two attached hydrogens (primary N) is 2. The highest BCUT2D eigenvalue weighted by molar-refractivity contribution is 5.99. The van der Waals surface area contributed by atoms with Crippen LogP contribution in [0.1, 0.15) is 66.7 Å². The van der Waals surface area contributed by atoms with E-state index in [1.165, 1.54) is 25.7 Å². The predicted octanol–water partition coefficient (Wildman–Crippen LogP) is -7.93. The fourth-order valence-corrected chi connectivity index (χ4v) is 6.40. The van der Waals surface area contributed by atoms with Crippen molar-refractivity contribution in [3.05, 3.63) is 0 Å². The lowest BCUT2D eigenvalue weighted by Gasteiger charge is -2.31. The zero-order valence-electron chi connectivity index (χ0n) is 35.7. The Morgan fingerprint density at radius 1 is 0.603 bits per heavy atom. The number of fused-ring (bicyclic) bond motifs is 1. The Labute approximate surface area is 362 Å². The van der Waals surface area contributed by atoms with E-state index in [0.29, 0.717) is 6.42 Å². The summed E-state index contributed by atoms with van der Waals surface area (Å²) in [7, 11) is 0. The van der Waals surface area contributed by atoms with Crippen LogP contribution in [0.25, 0.3) is 0 Å². The highest BCUT2D eigenvalue weighted by Gasteiger charge is 2.40. The van der Waals surface area contributed by atoms with Crippen LogP contribution < -0.4 is 59.3 Å². The second-order valence-corrected chi connectivity index (χ2v) is 15.7. The van der Waals surface area contributed by atoms with E-state index in [4.69, 9.17) is 11.5 Å². The molecule has 352 valence electrons. The number of hydrogen-bond acceptors (Lipinski definition) is 14. The molecular weight excluding hydrogens is 836 g/mol. The maximum atomic E-state index is 13.8. The minimum Gasteiger partial charge on any atom is -0.394 e. The van der Waals surface area contributed by atoms with Gasteiger partial charge < -0.3 is 74.4 Å². The minimum atomic E-state index is -1.72. The number of aliphatic hydroxyl groups is 2. The van der Waals surface area contributed by atoms with Crippen molar-refractivity contribution in [3.8, 4) is 0 Å². The van der Waals surface area contributed by atoms with Crippen LogP contribution >= 0.6 is 0 Å². The molecule has 12 amide bonds. The third-order valence-electron chi connectivity index (χ3n) is 9.93. The van der Waals surface area contributed by atoms with Crippen molar-refractivity contribution in [3.63, 3.8) is 0 Å². The number of amides is 12. The van der Waals surface area contributed by atoms with Crippen molar-refractivity contribution >= 4 is 70.9 Å². The molecule has 0 aromatic rings. The van der Waals surface area contributed by atoms with Gasteiger partial charge in [0.15, 0.2) is 0 Å². The maximum Gasteiger partial charge on any atom is 0.246 e. The van der Waals surface area contributed by atoms with E-state index in [1.807, 2.05) is 0 Å². The molecule has 2 aliphatic rings. The van der Waals surface area contributed by atoms with Gasteiger partial charge in [-0.3, -0.25) is 57.5 Å². The number of aliphatic hydroxyl groups excluding tert-OH is 2. The summed E-state index contributed by atoms with van der Waals surface area (Å²) in [4.78, 5) is 157. The Balaban J connectivity index is 2.50. The van der Waals surface area contributed by atoms with Gasteiger partial charge in [-0.1, -0.05) is 27.7 Å². The summed E-state index contributed by atoms with van der Waals surface area (Å²) in [5.74, 6) is -12.8. The minimum absolute atomic E-state index is 0.0925. The van der Waals surface area contributed by atoms with Crippen molar-refractivity contribution in [2.45, 2.75) is 115 Å². The Morgan fingerprint density at radius 2 is 1.10 bits per heavy atom. The second-order valence-electron chi connectivity index (χ2n) is 15.7. The van der Waals surface area contributed by atoms with Crippen molar-refractivity contribution in [1.82, 2.24) is 52.8 Å². The van der Waals surface area contributed by atoms with Crippen LogP contribution in [0.5, 0.6) is 0 Å². The van der Waals surface area contributed by atoms with E-state index >= 15 is 0 Å². The monoisotopic (exact) mass is 896 g/mol. The predicted molar refractivity (Wildman–Crippen MR) is 216 cm³/mol. The zero-order valence-corrected chi connectivity index (χ0v) is 35.7. The highest BCUT2D eigenvalue weighted by atomic mass is 16.3. The van der Waals surface area contributed by atoms with Gasteiger partial charge in [0, 0.05) is 13.0 Å². The average molecular weight is 897 g/mol. The molecule has 2 rings (SSSR count). The number of hydrogen-bond donors (Lipinski definition) is 13. The fourth-order valence-electron chi connectivity index (χ4n) is 6.40. The van der Waals surface area contributed by atoms with Gasteiger partial charge in [0.25, 0.3) is 0 Å². The van der Waals surface area contributed by atoms with Crippen molar-refractivity contribution in [2.75, 3.05) is 32.8 Å². The molecule has 2 fully saturated rings. The lowest BCUT2D eigenvalue weighted by Crippen LogP contribution is -2.61. The molecule has 0 bridgehead atoms. The van der Waals surface area contributed by atoms with E-state index in [1.54, 1.807) is 13.8 Å². The van der Waals surface area contributed by atoms with Crippen molar-refractivity contribution in [1.29, 1.82) is 0 Å². The van der Waals surface area contributed by atoms with Crippen LogP contribution in [0, 0.1) is 11.8 Å². The van der Waals surface area contributed by atoms with E-state index in [2.05, 4.69) is 47.9 Å². The molecule has 2 saturated heterocycles. The molecule has 15 N–H and O–H groups in total. The first-order chi connectivity index (χ1) is 29.5. The number of primary amides is 2. The molecule has 0 spiro atoms. The first kappa shape index (κ1) is 52.7. The molecular formula is C37H60N12O14. The Morgan fingerprint density at radius 3 is 1.62 bits per heavy atom. The second kappa shape index (κ2) is 24.9. The Kier molecular flexibility index (Phi) is 20.8. The molecule has 2 heterocycles. The molecule has 2 aliphatic heterocycles. The molecule has 63 heavy (non-hydrogen) atoms. The Bertz CT molecular complexity index is 1760. The molecule has 0 aromatic heterocycles. The standard InChI is InChI=1S/C37H60N12O14/c1-16(2)28-36(62)44-20(11-25(39)53)31(57)40-13-27(55)43-19(8-9-24(38)52)32(58)46-22(15-51)34(60)48-29(17(3)4)37(63)49-10-6-7-23(49)35(61)41-12-26(54)42-18(5)30(56)45-21(14-50)33(59)47-28/h16-23,28-29,50-51H,6-15H2,1-5H3,(H2,38,52)(H2,39,53)(H,40,57)(H,41,61)(H,42,54)(H,43,55)(H,44,62)(H,45,56)(H,46,58)(H,47,59)(H,48,60)/t18-,19-,20-,21-,22-,23+,28-,29-/m0/s1. The van der Waals surface area contributed by atoms with E-state index in [-0.39, 0.29) is 13.0 Å². The first-order valence-electron chi connectivity index (χ1n) is 20.3. The number of carbonyl (C=O) groups is 12. The normalized spacial score (nSPS) is 27.3. The average Bonchev–Trinajstić information content (AvgIpc) is 3.71. The van der Waals surface area contributed by atoms with Crippen molar-refractivity contribution < 1.29 is 67.7 Å². The van der Waals surface area contributed by atoms with Crippen LogP contribution in [0.3, 0.4) is 0 Å². The van der Waals surface area contributed by atoms with Gasteiger partial charge in [-0.15, -0.1) is 0 Å². The summed E-state index contributed by atoms with van der Waals surface area (Å²) in [6.07, 6.45) is -1.11. The van der Waals surface area contributed by atoms with Crippen LogP contribution in [0.2, 0.25) is 0 Å². The summed E-state index contributed by atoms with van der Waals surface area (Å²) < 4.78 is 0. The third-order valence-corrected chi connectivity index (χ3v) is 9.93. The van der Waals surface area contributed by atoms with Crippen molar-refractivity contribution in [2.24, 2.45) is 23.3 Å². The number of rotatable bonds is 9. The summed E-state index contributed by atoms with van der Waals surface area (Å²) in [6, 6.07) is -11.8. The first-order valence-corrected chi connectivity index (χ1v) is 20.3. The van der Waals surface area contributed by atoms with Crippen LogP contribution in [0.4, 0.5) is 0 Å². The largest absolute Gasteiger partial charge is 0.394 e. The molecule has 0 saturated carbocycles. The topological polar surface area (TPSA) is 409 Å². The lowest BCUT2D eigenvalue weighted by molar-refractivity contribution is -0.143. The van der Waals surface area contributed by atoms with Crippen LogP contribution in [0.15, 0.2) is 0 Å². The van der Waals surface area contributed by atoms with Gasteiger partial charge in [-0.25, -0.2) is 0 Å². The van der Waals surface area contributed by atoms with Gasteiger partial charge in [0.2, 0.25) is 70.9 Å². The molecule has 0 aromatic carbocycles. The molecule has 0 aliphatic carbocycles. The number of nitrogens with one attached hydrogen (secondary N) is 9. The smallest absolute Gasteiger partial charge is 0.246 e. The summed E-state index contributed by atoms with van der Waals surface area (Å²) in [6.45, 7) is 4.00. The van der Waals surface area contributed by atoms with E-state index < -0.39 is 177 Å². The van der Waals surface area contributed by atoms with Gasteiger partial charge in [0.1, 0.15) is 48.3 Å². The lowest BCUT2D eigenvalue weighted by atomic mass is 10.0. The highest BCUT2D eigenvalue weighted by Crippen LogP contribution is 2.20. The SMILES string of the molecule is CC(C)[C@@H]1NC(=O)[C@H](CO)NC(=O)[C@H](C)NC(=O)CNC(=O)[C@H]2CCCN2C(=O)[C@H](C(C)C)NC(=O)[C@H](CO)NC(=O)[C@H](CCC(N)=O)NC(=O)CNC(=O)[C@H](CC(N)=O)NC1=O. The number of carbonyl (C=O) groups excluding carboxylic acids is 12. The van der Waals surface area contributed by atoms with Gasteiger partial charge in [-0.05, 0) is 38.0 Å². The summed E-state index contributed by atoms with van der Waals surface area (Å²) in [5.41, 5.74) is 10.5. The quantitative estimate of drug-likeness (QED) is 0.102. The summed E-state index contributed by atoms with van der Waals surface area (Å²) in [5, 5.41) is 40.8. The van der Waals surface area contributed by atoms with Crippen LogP contribution in [-0.4, -0.2) is 167 Å². The van der Waals surface area contributed by atoms with Gasteiger partial charge in [0.05, 0.1) is 32.7 Å². The molecule has 26 nitrogen and oxygen atoms in total. The van der Waals surface area contributed by atoms with Gasteiger partial charge >= 0.3 is 0 Å². The molecule has 26 heteroatoms.